The number of alkyl carbamates (subject to hydrolysis) is 1. The molecular formula is C15H29N3O3. The van der Waals surface area contributed by atoms with Crippen molar-refractivity contribution in [3.05, 3.63) is 0 Å². The molecule has 0 bridgehead atoms. The highest BCUT2D eigenvalue weighted by Gasteiger charge is 2.34. The maximum atomic E-state index is 11.7. The summed E-state index contributed by atoms with van der Waals surface area (Å²) in [4.78, 5) is 23.4. The second kappa shape index (κ2) is 7.11. The van der Waals surface area contributed by atoms with Crippen LogP contribution in [0.4, 0.5) is 4.79 Å². The number of rotatable bonds is 7. The van der Waals surface area contributed by atoms with Crippen LogP contribution in [0.3, 0.4) is 0 Å². The number of primary amides is 1. The lowest BCUT2D eigenvalue weighted by atomic mass is 9.87. The van der Waals surface area contributed by atoms with Crippen molar-refractivity contribution in [2.24, 2.45) is 17.6 Å². The molecule has 0 aliphatic heterocycles. The van der Waals surface area contributed by atoms with Crippen molar-refractivity contribution in [1.29, 1.82) is 0 Å². The first-order chi connectivity index (χ1) is 9.60. The molecule has 0 saturated heterocycles. The van der Waals surface area contributed by atoms with Gasteiger partial charge in [0.05, 0.1) is 6.04 Å². The molecule has 6 nitrogen and oxygen atoms in total. The molecule has 1 aliphatic carbocycles. The van der Waals surface area contributed by atoms with E-state index in [9.17, 15) is 9.59 Å². The Morgan fingerprint density at radius 2 is 1.86 bits per heavy atom. The van der Waals surface area contributed by atoms with E-state index in [1.807, 2.05) is 34.6 Å². The Labute approximate surface area is 127 Å². The van der Waals surface area contributed by atoms with Gasteiger partial charge in [-0.1, -0.05) is 13.8 Å². The Bertz CT molecular complexity index is 373. The predicted molar refractivity (Wildman–Crippen MR) is 81.7 cm³/mol. The van der Waals surface area contributed by atoms with Gasteiger partial charge in [0.1, 0.15) is 5.60 Å². The van der Waals surface area contributed by atoms with E-state index in [1.165, 1.54) is 0 Å². The average molecular weight is 299 g/mol. The Morgan fingerprint density at radius 3 is 2.24 bits per heavy atom. The van der Waals surface area contributed by atoms with E-state index in [0.29, 0.717) is 12.6 Å². The summed E-state index contributed by atoms with van der Waals surface area (Å²) >= 11 is 0. The highest BCUT2D eigenvalue weighted by molar-refractivity contribution is 5.80. The van der Waals surface area contributed by atoms with Gasteiger partial charge in [0.25, 0.3) is 0 Å². The highest BCUT2D eigenvalue weighted by atomic mass is 16.6. The fraction of sp³-hybridized carbons (Fsp3) is 0.867. The van der Waals surface area contributed by atoms with Gasteiger partial charge in [-0.25, -0.2) is 4.79 Å². The first kappa shape index (κ1) is 17.8. The minimum absolute atomic E-state index is 0.0596. The molecule has 2 unspecified atom stereocenters. The molecule has 0 aromatic rings. The van der Waals surface area contributed by atoms with Crippen molar-refractivity contribution < 1.29 is 14.3 Å². The van der Waals surface area contributed by atoms with Gasteiger partial charge in [-0.05, 0) is 39.5 Å². The van der Waals surface area contributed by atoms with Crippen molar-refractivity contribution in [3.63, 3.8) is 0 Å². The third-order valence-electron chi connectivity index (χ3n) is 3.46. The van der Waals surface area contributed by atoms with E-state index < -0.39 is 17.7 Å². The summed E-state index contributed by atoms with van der Waals surface area (Å²) in [6, 6.07) is -0.0438. The number of carbonyl (C=O) groups excluding carboxylic acids is 2. The first-order valence-corrected chi connectivity index (χ1v) is 7.62. The molecule has 2 amide bonds. The van der Waals surface area contributed by atoms with E-state index in [2.05, 4.69) is 10.6 Å². The highest BCUT2D eigenvalue weighted by Crippen LogP contribution is 2.23. The minimum Gasteiger partial charge on any atom is -0.444 e. The van der Waals surface area contributed by atoms with Crippen LogP contribution >= 0.6 is 0 Å². The van der Waals surface area contributed by atoms with E-state index in [4.69, 9.17) is 10.5 Å². The molecule has 2 atom stereocenters. The van der Waals surface area contributed by atoms with Gasteiger partial charge >= 0.3 is 6.09 Å². The average Bonchev–Trinajstić information content (AvgIpc) is 3.08. The van der Waals surface area contributed by atoms with E-state index in [1.54, 1.807) is 0 Å². The van der Waals surface area contributed by atoms with Crippen molar-refractivity contribution >= 4 is 12.0 Å². The van der Waals surface area contributed by atoms with Crippen LogP contribution < -0.4 is 16.4 Å². The fourth-order valence-corrected chi connectivity index (χ4v) is 2.17. The molecular weight excluding hydrogens is 270 g/mol. The van der Waals surface area contributed by atoms with Gasteiger partial charge in [-0.15, -0.1) is 0 Å². The maximum absolute atomic E-state index is 11.7. The summed E-state index contributed by atoms with van der Waals surface area (Å²) in [7, 11) is 0. The number of nitrogens with one attached hydrogen (secondary N) is 2. The molecule has 21 heavy (non-hydrogen) atoms. The van der Waals surface area contributed by atoms with Crippen molar-refractivity contribution in [1.82, 2.24) is 10.6 Å². The van der Waals surface area contributed by atoms with Crippen LogP contribution in [0.15, 0.2) is 0 Å². The van der Waals surface area contributed by atoms with E-state index in [-0.39, 0.29) is 17.7 Å². The molecule has 0 aromatic carbocycles. The smallest absolute Gasteiger partial charge is 0.407 e. The second-order valence-corrected chi connectivity index (χ2v) is 7.11. The fourth-order valence-electron chi connectivity index (χ4n) is 2.17. The third kappa shape index (κ3) is 6.80. The molecule has 4 N–H and O–H groups in total. The molecule has 1 aliphatic rings. The molecule has 0 radical (unpaired) electrons. The lowest BCUT2D eigenvalue weighted by molar-refractivity contribution is -0.121. The largest absolute Gasteiger partial charge is 0.444 e. The van der Waals surface area contributed by atoms with E-state index >= 15 is 0 Å². The van der Waals surface area contributed by atoms with Crippen molar-refractivity contribution in [3.8, 4) is 0 Å². The number of carbonyl (C=O) groups is 2. The van der Waals surface area contributed by atoms with Gasteiger partial charge < -0.3 is 21.1 Å². The lowest BCUT2D eigenvalue weighted by Crippen LogP contribution is -2.52. The van der Waals surface area contributed by atoms with Gasteiger partial charge in [0, 0.05) is 18.5 Å². The van der Waals surface area contributed by atoms with Crippen molar-refractivity contribution in [2.75, 3.05) is 6.54 Å². The first-order valence-electron chi connectivity index (χ1n) is 7.62. The zero-order valence-electron chi connectivity index (χ0n) is 13.7. The SMILES string of the molecule is CC(C)C(CNC(=O)OC(C)(C)C)C(NC1CC1)C(N)=O. The summed E-state index contributed by atoms with van der Waals surface area (Å²) in [5.41, 5.74) is 4.98. The van der Waals surface area contributed by atoms with Crippen LogP contribution in [0.1, 0.15) is 47.5 Å². The van der Waals surface area contributed by atoms with Crippen LogP contribution in [0.5, 0.6) is 0 Å². The maximum Gasteiger partial charge on any atom is 0.407 e. The summed E-state index contributed by atoms with van der Waals surface area (Å²) < 4.78 is 5.21. The zero-order chi connectivity index (χ0) is 16.2. The topological polar surface area (TPSA) is 93.4 Å². The Morgan fingerprint density at radius 1 is 1.29 bits per heavy atom. The standard InChI is InChI=1S/C15H29N3O3/c1-9(2)11(8-17-14(20)21-15(3,4)5)12(13(16)19)18-10-6-7-10/h9-12,18H,6-8H2,1-5H3,(H2,16,19)(H,17,20). The van der Waals surface area contributed by atoms with Crippen LogP contribution in [-0.4, -0.2) is 36.2 Å². The van der Waals surface area contributed by atoms with Crippen LogP contribution in [0.25, 0.3) is 0 Å². The minimum atomic E-state index is -0.535. The van der Waals surface area contributed by atoms with Gasteiger partial charge in [0.15, 0.2) is 0 Å². The van der Waals surface area contributed by atoms with Gasteiger partial charge in [-0.3, -0.25) is 4.79 Å². The third-order valence-corrected chi connectivity index (χ3v) is 3.46. The number of hydrogen-bond acceptors (Lipinski definition) is 4. The molecule has 6 heteroatoms. The second-order valence-electron chi connectivity index (χ2n) is 7.11. The van der Waals surface area contributed by atoms with Crippen LogP contribution in [-0.2, 0) is 9.53 Å². The number of hydrogen-bond donors (Lipinski definition) is 3. The quantitative estimate of drug-likeness (QED) is 0.662. The molecule has 122 valence electrons. The Hall–Kier alpha value is -1.30. The Balaban J connectivity index is 2.58. The monoisotopic (exact) mass is 299 g/mol. The van der Waals surface area contributed by atoms with Gasteiger partial charge in [-0.2, -0.15) is 0 Å². The lowest BCUT2D eigenvalue weighted by Gasteiger charge is -2.29. The zero-order valence-corrected chi connectivity index (χ0v) is 13.7. The molecule has 0 aromatic heterocycles. The number of amides is 2. The normalized spacial score (nSPS) is 18.2. The predicted octanol–water partition coefficient (Wildman–Crippen LogP) is 1.39. The van der Waals surface area contributed by atoms with Crippen molar-refractivity contribution in [2.45, 2.75) is 65.1 Å². The van der Waals surface area contributed by atoms with Gasteiger partial charge in [0.2, 0.25) is 5.91 Å². The molecule has 1 fully saturated rings. The molecule has 0 heterocycles. The number of nitrogens with two attached hydrogens (primary N) is 1. The molecule has 0 spiro atoms. The summed E-state index contributed by atoms with van der Waals surface area (Å²) in [5.74, 6) is -0.217. The van der Waals surface area contributed by atoms with Crippen LogP contribution in [0, 0.1) is 11.8 Å². The summed E-state index contributed by atoms with van der Waals surface area (Å²) in [6.07, 6.45) is 1.69. The van der Waals surface area contributed by atoms with Crippen LogP contribution in [0.2, 0.25) is 0 Å². The summed E-state index contributed by atoms with van der Waals surface area (Å²) in [5, 5.41) is 6.02. The summed E-state index contributed by atoms with van der Waals surface area (Å²) in [6.45, 7) is 9.84. The number of ether oxygens (including phenoxy) is 1. The molecule has 1 rings (SSSR count). The Kier molecular flexibility index (Phi) is 6.01. The van der Waals surface area contributed by atoms with E-state index in [0.717, 1.165) is 12.8 Å². The molecule has 1 saturated carbocycles.